The molecule has 1 atom stereocenters. The quantitative estimate of drug-likeness (QED) is 0.185. The number of sulfonamides is 1. The summed E-state index contributed by atoms with van der Waals surface area (Å²) in [7, 11) is -2.64. The number of hydrogen-bond acceptors (Lipinski definition) is 5. The summed E-state index contributed by atoms with van der Waals surface area (Å²) in [5.74, 6) is -0.168. The third-order valence-electron chi connectivity index (χ3n) is 8.69. The molecule has 246 valence electrons. The Morgan fingerprint density at radius 2 is 1.40 bits per heavy atom. The van der Waals surface area contributed by atoms with Crippen LogP contribution >= 0.6 is 0 Å². The van der Waals surface area contributed by atoms with E-state index < -0.39 is 28.5 Å². The van der Waals surface area contributed by atoms with E-state index in [-0.39, 0.29) is 29.8 Å². The molecule has 4 aromatic rings. The Morgan fingerprint density at radius 3 is 2.00 bits per heavy atom. The lowest BCUT2D eigenvalue weighted by Gasteiger charge is -2.34. The number of carbonyl (C=O) groups is 2. The molecule has 0 radical (unpaired) electrons. The van der Waals surface area contributed by atoms with Crippen LogP contribution in [0.25, 0.3) is 0 Å². The van der Waals surface area contributed by atoms with Gasteiger partial charge in [-0.05, 0) is 74.2 Å². The highest BCUT2D eigenvalue weighted by molar-refractivity contribution is 7.92. The number of methoxy groups -OCH3 is 1. The van der Waals surface area contributed by atoms with E-state index in [2.05, 4.69) is 5.32 Å². The van der Waals surface area contributed by atoms with Crippen molar-refractivity contribution >= 4 is 27.5 Å². The molecule has 1 saturated carbocycles. The van der Waals surface area contributed by atoms with E-state index in [1.165, 1.54) is 7.11 Å². The summed E-state index contributed by atoms with van der Waals surface area (Å²) in [6, 6.07) is 29.7. The highest BCUT2D eigenvalue weighted by atomic mass is 32.2. The molecular formula is C38H43N3O5S. The molecule has 0 heterocycles. The van der Waals surface area contributed by atoms with Crippen molar-refractivity contribution in [3.8, 4) is 5.75 Å². The van der Waals surface area contributed by atoms with Gasteiger partial charge in [-0.1, -0.05) is 90.7 Å². The Kier molecular flexibility index (Phi) is 11.0. The minimum absolute atomic E-state index is 0.0508. The van der Waals surface area contributed by atoms with Crippen molar-refractivity contribution in [3.05, 3.63) is 125 Å². The topological polar surface area (TPSA) is 96.0 Å². The zero-order valence-electron chi connectivity index (χ0n) is 27.3. The molecule has 47 heavy (non-hydrogen) atoms. The van der Waals surface area contributed by atoms with Gasteiger partial charge in [0.25, 0.3) is 10.0 Å². The van der Waals surface area contributed by atoms with Crippen LogP contribution in [-0.4, -0.2) is 50.9 Å². The number of anilines is 1. The molecule has 1 fully saturated rings. The van der Waals surface area contributed by atoms with Crippen molar-refractivity contribution in [1.29, 1.82) is 0 Å². The first-order valence-electron chi connectivity index (χ1n) is 16.1. The van der Waals surface area contributed by atoms with Gasteiger partial charge in [0.05, 0.1) is 17.7 Å². The van der Waals surface area contributed by atoms with Gasteiger partial charge < -0.3 is 15.0 Å². The normalized spacial score (nSPS) is 13.9. The molecule has 0 unspecified atom stereocenters. The van der Waals surface area contributed by atoms with Crippen LogP contribution < -0.4 is 14.4 Å². The van der Waals surface area contributed by atoms with Crippen LogP contribution in [-0.2, 0) is 32.6 Å². The number of nitrogens with zero attached hydrogens (tertiary/aromatic N) is 2. The average molecular weight is 654 g/mol. The summed E-state index contributed by atoms with van der Waals surface area (Å²) in [6.07, 6.45) is 4.18. The van der Waals surface area contributed by atoms with Gasteiger partial charge in [-0.25, -0.2) is 8.42 Å². The molecular weight excluding hydrogens is 611 g/mol. The fourth-order valence-electron chi connectivity index (χ4n) is 5.93. The summed E-state index contributed by atoms with van der Waals surface area (Å²) >= 11 is 0. The Balaban J connectivity index is 1.56. The lowest BCUT2D eigenvalue weighted by molar-refractivity contribution is -0.140. The SMILES string of the molecule is COc1ccc(N(CC(=O)N(Cc2ccc(C)cc2)[C@@H](Cc2ccccc2)C(=O)NC2CCCC2)S(=O)(=O)c2ccc(C)cc2)cc1. The molecule has 0 aliphatic heterocycles. The van der Waals surface area contributed by atoms with Gasteiger partial charge in [0.2, 0.25) is 11.8 Å². The Morgan fingerprint density at radius 1 is 0.809 bits per heavy atom. The maximum atomic E-state index is 14.6. The van der Waals surface area contributed by atoms with E-state index >= 15 is 0 Å². The van der Waals surface area contributed by atoms with Crippen molar-refractivity contribution in [2.75, 3.05) is 18.0 Å². The van der Waals surface area contributed by atoms with Crippen molar-refractivity contribution in [2.24, 2.45) is 0 Å². The summed E-state index contributed by atoms with van der Waals surface area (Å²) in [5, 5.41) is 3.21. The second-order valence-corrected chi connectivity index (χ2v) is 14.1. The largest absolute Gasteiger partial charge is 0.497 e. The van der Waals surface area contributed by atoms with Gasteiger partial charge in [-0.2, -0.15) is 0 Å². The molecule has 5 rings (SSSR count). The fourth-order valence-corrected chi connectivity index (χ4v) is 7.34. The standard InChI is InChI=1S/C38H43N3O5S/c1-28-13-17-31(18-14-28)26-40(36(25-30-9-5-4-6-10-30)38(43)39-32-11-7-8-12-32)37(42)27-41(33-19-21-34(46-3)22-20-33)47(44,45)35-23-15-29(2)16-24-35/h4-6,9-10,13-24,32,36H,7-8,11-12,25-27H2,1-3H3,(H,39,43)/t36-/m0/s1. The van der Waals surface area contributed by atoms with Gasteiger partial charge in [-0.15, -0.1) is 0 Å². The highest BCUT2D eigenvalue weighted by Gasteiger charge is 2.35. The molecule has 0 bridgehead atoms. The van der Waals surface area contributed by atoms with Gasteiger partial charge in [0.15, 0.2) is 0 Å². The van der Waals surface area contributed by atoms with E-state index in [0.717, 1.165) is 52.2 Å². The van der Waals surface area contributed by atoms with Crippen molar-refractivity contribution in [3.63, 3.8) is 0 Å². The fraction of sp³-hybridized carbons (Fsp3) is 0.316. The number of nitrogens with one attached hydrogen (secondary N) is 1. The zero-order valence-corrected chi connectivity index (χ0v) is 28.1. The third-order valence-corrected chi connectivity index (χ3v) is 10.5. The first kappa shape index (κ1) is 33.7. The van der Waals surface area contributed by atoms with Crippen LogP contribution in [0.2, 0.25) is 0 Å². The highest BCUT2D eigenvalue weighted by Crippen LogP contribution is 2.27. The van der Waals surface area contributed by atoms with Gasteiger partial charge in [0.1, 0.15) is 18.3 Å². The maximum Gasteiger partial charge on any atom is 0.264 e. The predicted octanol–water partition coefficient (Wildman–Crippen LogP) is 6.21. The van der Waals surface area contributed by atoms with Gasteiger partial charge in [0, 0.05) is 19.0 Å². The van der Waals surface area contributed by atoms with Crippen LogP contribution in [0.1, 0.15) is 47.9 Å². The molecule has 1 N–H and O–H groups in total. The number of aryl methyl sites for hydroxylation is 2. The predicted molar refractivity (Wildman–Crippen MR) is 185 cm³/mol. The van der Waals surface area contributed by atoms with Crippen LogP contribution in [0.15, 0.2) is 108 Å². The number of benzene rings is 4. The number of carbonyl (C=O) groups excluding carboxylic acids is 2. The van der Waals surface area contributed by atoms with E-state index in [1.54, 1.807) is 53.4 Å². The zero-order chi connectivity index (χ0) is 33.4. The second-order valence-electron chi connectivity index (χ2n) is 12.2. The van der Waals surface area contributed by atoms with Crippen LogP contribution in [0.3, 0.4) is 0 Å². The molecule has 8 nitrogen and oxygen atoms in total. The summed E-state index contributed by atoms with van der Waals surface area (Å²) in [5.41, 5.74) is 4.04. The summed E-state index contributed by atoms with van der Waals surface area (Å²) in [6.45, 7) is 3.50. The van der Waals surface area contributed by atoms with Crippen molar-refractivity contribution < 1.29 is 22.7 Å². The van der Waals surface area contributed by atoms with Crippen molar-refractivity contribution in [1.82, 2.24) is 10.2 Å². The van der Waals surface area contributed by atoms with E-state index in [0.29, 0.717) is 11.4 Å². The van der Waals surface area contributed by atoms with Crippen LogP contribution in [0.5, 0.6) is 5.75 Å². The summed E-state index contributed by atoms with van der Waals surface area (Å²) in [4.78, 5) is 30.4. The number of rotatable bonds is 13. The van der Waals surface area contributed by atoms with E-state index in [4.69, 9.17) is 4.74 Å². The molecule has 2 amide bonds. The van der Waals surface area contributed by atoms with Gasteiger partial charge in [-0.3, -0.25) is 13.9 Å². The molecule has 1 aliphatic rings. The Bertz CT molecular complexity index is 1740. The molecule has 0 spiro atoms. The van der Waals surface area contributed by atoms with Crippen LogP contribution in [0.4, 0.5) is 5.69 Å². The molecule has 1 aliphatic carbocycles. The number of hydrogen-bond donors (Lipinski definition) is 1. The lowest BCUT2D eigenvalue weighted by Crippen LogP contribution is -2.54. The number of ether oxygens (including phenoxy) is 1. The van der Waals surface area contributed by atoms with E-state index in [1.807, 2.05) is 68.4 Å². The third kappa shape index (κ3) is 8.60. The molecule has 0 saturated heterocycles. The Hall–Kier alpha value is -4.63. The Labute approximate surface area is 278 Å². The van der Waals surface area contributed by atoms with Gasteiger partial charge >= 0.3 is 0 Å². The first-order valence-corrected chi connectivity index (χ1v) is 17.5. The monoisotopic (exact) mass is 653 g/mol. The smallest absolute Gasteiger partial charge is 0.264 e. The minimum atomic E-state index is -4.18. The maximum absolute atomic E-state index is 14.6. The van der Waals surface area contributed by atoms with Crippen LogP contribution in [0, 0.1) is 13.8 Å². The first-order chi connectivity index (χ1) is 22.6. The molecule has 0 aromatic heterocycles. The van der Waals surface area contributed by atoms with E-state index in [9.17, 15) is 18.0 Å². The lowest BCUT2D eigenvalue weighted by atomic mass is 10.0. The molecule has 4 aromatic carbocycles. The average Bonchev–Trinajstić information content (AvgIpc) is 3.59. The number of amides is 2. The minimum Gasteiger partial charge on any atom is -0.497 e. The molecule has 9 heteroatoms. The second kappa shape index (κ2) is 15.3. The summed E-state index contributed by atoms with van der Waals surface area (Å²) < 4.78 is 34.9. The van der Waals surface area contributed by atoms with Crippen molar-refractivity contribution in [2.45, 2.75) is 69.5 Å².